The lowest BCUT2D eigenvalue weighted by atomic mass is 9.89. The largest absolute Gasteiger partial charge is 0.375 e. The third-order valence-corrected chi connectivity index (χ3v) is 4.24. The van der Waals surface area contributed by atoms with Crippen molar-refractivity contribution in [3.63, 3.8) is 0 Å². The van der Waals surface area contributed by atoms with Crippen LogP contribution in [0.15, 0.2) is 60.7 Å². The fourth-order valence-corrected chi connectivity index (χ4v) is 3.05. The molecule has 3 rings (SSSR count). The Kier molecular flexibility index (Phi) is 4.69. The molecule has 0 fully saturated rings. The van der Waals surface area contributed by atoms with E-state index >= 15 is 0 Å². The van der Waals surface area contributed by atoms with Gasteiger partial charge in [0.1, 0.15) is 6.54 Å². The number of rotatable bonds is 6. The number of hydrogen-bond acceptors (Lipinski definition) is 4. The Balaban J connectivity index is 1.86. The van der Waals surface area contributed by atoms with Crippen molar-refractivity contribution in [3.8, 4) is 0 Å². The number of ketones is 1. The second kappa shape index (κ2) is 6.93. The highest BCUT2D eigenvalue weighted by Crippen LogP contribution is 2.42. The summed E-state index contributed by atoms with van der Waals surface area (Å²) in [4.78, 5) is 37.5. The number of amides is 2. The Bertz CT molecular complexity index is 892. The number of primary amides is 1. The number of carbonyl (C=O) groups excluding carboxylic acids is 3. The van der Waals surface area contributed by atoms with Gasteiger partial charge in [-0.1, -0.05) is 54.6 Å². The molecule has 0 radical (unpaired) electrons. The van der Waals surface area contributed by atoms with Crippen LogP contribution in [0.1, 0.15) is 17.5 Å². The zero-order chi connectivity index (χ0) is 18.7. The van der Waals surface area contributed by atoms with Crippen LogP contribution in [0, 0.1) is 0 Å². The third kappa shape index (κ3) is 3.27. The number of aliphatic hydroxyl groups is 1. The standard InChI is InChI=1S/C20H18N2O4/c21-18(24)13-22-17-9-5-4-8-16(17)20(26,19(22)25)12-15(23)11-10-14-6-2-1-3-7-14/h1-11,26H,12-13H2,(H2,21,24)/b11-10+/t20-/m0/s1. The molecule has 132 valence electrons. The summed E-state index contributed by atoms with van der Waals surface area (Å²) in [7, 11) is 0. The molecule has 6 nitrogen and oxygen atoms in total. The Morgan fingerprint density at radius 1 is 1.08 bits per heavy atom. The molecule has 3 N–H and O–H groups in total. The first-order chi connectivity index (χ1) is 12.4. The second-order valence-electron chi connectivity index (χ2n) is 6.12. The van der Waals surface area contributed by atoms with Crippen LogP contribution in [0.3, 0.4) is 0 Å². The number of anilines is 1. The Morgan fingerprint density at radius 2 is 1.73 bits per heavy atom. The van der Waals surface area contributed by atoms with Crippen molar-refractivity contribution in [2.24, 2.45) is 5.73 Å². The lowest BCUT2D eigenvalue weighted by Gasteiger charge is -2.21. The van der Waals surface area contributed by atoms with E-state index in [1.807, 2.05) is 30.3 Å². The van der Waals surface area contributed by atoms with Gasteiger partial charge in [-0.3, -0.25) is 19.3 Å². The molecule has 0 bridgehead atoms. The van der Waals surface area contributed by atoms with Gasteiger partial charge in [0.05, 0.1) is 12.1 Å². The summed E-state index contributed by atoms with van der Waals surface area (Å²) >= 11 is 0. The predicted octanol–water partition coefficient (Wildman–Crippen LogP) is 1.38. The summed E-state index contributed by atoms with van der Waals surface area (Å²) in [6, 6.07) is 15.8. The molecule has 0 unspecified atom stereocenters. The van der Waals surface area contributed by atoms with Crippen LogP contribution in [0.4, 0.5) is 5.69 Å². The van der Waals surface area contributed by atoms with Crippen molar-refractivity contribution in [2.75, 3.05) is 11.4 Å². The van der Waals surface area contributed by atoms with Gasteiger partial charge in [0, 0.05) is 5.56 Å². The van der Waals surface area contributed by atoms with Gasteiger partial charge in [0.15, 0.2) is 11.4 Å². The molecule has 1 atom stereocenters. The van der Waals surface area contributed by atoms with Crippen molar-refractivity contribution < 1.29 is 19.5 Å². The van der Waals surface area contributed by atoms with Crippen LogP contribution >= 0.6 is 0 Å². The molecule has 1 aliphatic rings. The van der Waals surface area contributed by atoms with E-state index in [2.05, 4.69) is 0 Å². The summed E-state index contributed by atoms with van der Waals surface area (Å²) in [5.41, 5.74) is 4.71. The van der Waals surface area contributed by atoms with Gasteiger partial charge in [0.25, 0.3) is 5.91 Å². The van der Waals surface area contributed by atoms with Crippen molar-refractivity contribution in [1.82, 2.24) is 0 Å². The number of nitrogens with two attached hydrogens (primary N) is 1. The second-order valence-corrected chi connectivity index (χ2v) is 6.12. The van der Waals surface area contributed by atoms with E-state index in [1.165, 1.54) is 6.08 Å². The zero-order valence-electron chi connectivity index (χ0n) is 14.0. The van der Waals surface area contributed by atoms with Crippen LogP contribution in [-0.4, -0.2) is 29.2 Å². The Labute approximate surface area is 150 Å². The molecule has 2 amide bonds. The highest BCUT2D eigenvalue weighted by molar-refractivity contribution is 6.12. The number of allylic oxidation sites excluding steroid dienone is 1. The van der Waals surface area contributed by atoms with Crippen LogP contribution in [0.2, 0.25) is 0 Å². The summed E-state index contributed by atoms with van der Waals surface area (Å²) < 4.78 is 0. The normalized spacial score (nSPS) is 19.0. The first-order valence-corrected chi connectivity index (χ1v) is 8.10. The molecule has 0 spiro atoms. The molecule has 1 heterocycles. The monoisotopic (exact) mass is 350 g/mol. The van der Waals surface area contributed by atoms with E-state index in [4.69, 9.17) is 5.73 Å². The molecule has 0 saturated carbocycles. The van der Waals surface area contributed by atoms with Gasteiger partial charge in [-0.15, -0.1) is 0 Å². The lowest BCUT2D eigenvalue weighted by Crippen LogP contribution is -2.44. The Hall–Kier alpha value is -3.25. The van der Waals surface area contributed by atoms with Crippen molar-refractivity contribution in [3.05, 3.63) is 71.8 Å². The average molecular weight is 350 g/mol. The number of benzene rings is 2. The van der Waals surface area contributed by atoms with Gasteiger partial charge in [-0.2, -0.15) is 0 Å². The highest BCUT2D eigenvalue weighted by atomic mass is 16.3. The fraction of sp³-hybridized carbons (Fsp3) is 0.150. The van der Waals surface area contributed by atoms with E-state index < -0.39 is 29.6 Å². The molecule has 0 aromatic heterocycles. The molecule has 0 aliphatic carbocycles. The molecular formula is C20H18N2O4. The maximum atomic E-state index is 12.7. The van der Waals surface area contributed by atoms with Crippen LogP contribution in [-0.2, 0) is 20.0 Å². The zero-order valence-corrected chi connectivity index (χ0v) is 14.0. The molecule has 1 aliphatic heterocycles. The molecule has 0 saturated heterocycles. The summed E-state index contributed by atoms with van der Waals surface area (Å²) in [5, 5.41) is 11.0. The van der Waals surface area contributed by atoms with E-state index in [9.17, 15) is 19.5 Å². The van der Waals surface area contributed by atoms with Gasteiger partial charge in [-0.25, -0.2) is 0 Å². The maximum absolute atomic E-state index is 12.7. The molecule has 6 heteroatoms. The van der Waals surface area contributed by atoms with Gasteiger partial charge in [-0.05, 0) is 17.7 Å². The Morgan fingerprint density at radius 3 is 2.42 bits per heavy atom. The van der Waals surface area contributed by atoms with Gasteiger partial charge >= 0.3 is 0 Å². The number of hydrogen-bond donors (Lipinski definition) is 2. The molecule has 2 aromatic rings. The van der Waals surface area contributed by atoms with Crippen LogP contribution in [0.25, 0.3) is 6.08 Å². The van der Waals surface area contributed by atoms with Crippen LogP contribution in [0.5, 0.6) is 0 Å². The molecule has 26 heavy (non-hydrogen) atoms. The highest BCUT2D eigenvalue weighted by Gasteiger charge is 2.50. The lowest BCUT2D eigenvalue weighted by molar-refractivity contribution is -0.141. The molecular weight excluding hydrogens is 332 g/mol. The van der Waals surface area contributed by atoms with Crippen LogP contribution < -0.4 is 10.6 Å². The summed E-state index contributed by atoms with van der Waals surface area (Å²) in [5.74, 6) is -1.83. The maximum Gasteiger partial charge on any atom is 0.264 e. The predicted molar refractivity (Wildman–Crippen MR) is 97.0 cm³/mol. The smallest absolute Gasteiger partial charge is 0.264 e. The minimum Gasteiger partial charge on any atom is -0.375 e. The van der Waals surface area contributed by atoms with Crippen molar-refractivity contribution >= 4 is 29.4 Å². The molecule has 2 aromatic carbocycles. The number of fused-ring (bicyclic) bond motifs is 1. The van der Waals surface area contributed by atoms with E-state index in [0.717, 1.165) is 10.5 Å². The SMILES string of the molecule is NC(=O)CN1C(=O)[C@](O)(CC(=O)/C=C/c2ccccc2)c2ccccc21. The van der Waals surface area contributed by atoms with Gasteiger partial charge in [0.2, 0.25) is 5.91 Å². The average Bonchev–Trinajstić information content (AvgIpc) is 2.83. The van der Waals surface area contributed by atoms with Crippen molar-refractivity contribution in [2.45, 2.75) is 12.0 Å². The third-order valence-electron chi connectivity index (χ3n) is 4.24. The summed E-state index contributed by atoms with van der Waals surface area (Å²) in [6.07, 6.45) is 2.54. The number of para-hydroxylation sites is 1. The van der Waals surface area contributed by atoms with E-state index in [-0.39, 0.29) is 6.54 Å². The fourth-order valence-electron chi connectivity index (χ4n) is 3.05. The first kappa shape index (κ1) is 17.6. The topological polar surface area (TPSA) is 101 Å². The van der Waals surface area contributed by atoms with Crippen molar-refractivity contribution in [1.29, 1.82) is 0 Å². The number of carbonyl (C=O) groups is 3. The summed E-state index contributed by atoms with van der Waals surface area (Å²) in [6.45, 7) is -0.355. The number of nitrogens with zero attached hydrogens (tertiary/aromatic N) is 1. The minimum absolute atomic E-state index is 0.299. The van der Waals surface area contributed by atoms with E-state index in [0.29, 0.717) is 11.3 Å². The minimum atomic E-state index is -2.01. The van der Waals surface area contributed by atoms with Gasteiger partial charge < -0.3 is 10.8 Å². The first-order valence-electron chi connectivity index (χ1n) is 8.10. The van der Waals surface area contributed by atoms with E-state index in [1.54, 1.807) is 30.3 Å². The quantitative estimate of drug-likeness (QED) is 0.769.